The smallest absolute Gasteiger partial charge is 0.410 e. The summed E-state index contributed by atoms with van der Waals surface area (Å²) >= 11 is 2.86. The topological polar surface area (TPSA) is 198 Å². The summed E-state index contributed by atoms with van der Waals surface area (Å²) in [7, 11) is 0. The zero-order chi connectivity index (χ0) is 45.6. The fourth-order valence-corrected chi connectivity index (χ4v) is 8.98. The number of nitrogens with two attached hydrogens (primary N) is 1. The third kappa shape index (κ3) is 12.2. The fraction of sp³-hybridized carbons (Fsp3) is 0.435. The van der Waals surface area contributed by atoms with Gasteiger partial charge in [0, 0.05) is 55.9 Å². The number of nitro groups is 1. The lowest BCUT2D eigenvalue weighted by Crippen LogP contribution is -2.43. The molecule has 2 N–H and O–H groups in total. The van der Waals surface area contributed by atoms with Crippen molar-refractivity contribution in [3.05, 3.63) is 94.3 Å². The number of para-hydroxylation sites is 2. The number of nitro benzene ring substituents is 1. The zero-order valence-corrected chi connectivity index (χ0v) is 38.6. The third-order valence-electron chi connectivity index (χ3n) is 10.3. The summed E-state index contributed by atoms with van der Waals surface area (Å²) in [5, 5.41) is 12.8. The molecule has 6 heterocycles. The molecule has 2 amide bonds. The Morgan fingerprint density at radius 3 is 1.56 bits per heavy atom. The van der Waals surface area contributed by atoms with Gasteiger partial charge in [0.25, 0.3) is 5.69 Å². The van der Waals surface area contributed by atoms with Crippen molar-refractivity contribution in [3.63, 3.8) is 0 Å². The Balaban J connectivity index is 0.000000192. The minimum absolute atomic E-state index is 0.0258. The molecule has 2 saturated heterocycles. The lowest BCUT2D eigenvalue weighted by atomic mass is 10.1. The molecule has 0 spiro atoms. The fourth-order valence-electron chi connectivity index (χ4n) is 7.11. The molecular weight excluding hydrogens is 857 g/mol. The van der Waals surface area contributed by atoms with E-state index >= 15 is 0 Å². The highest BCUT2D eigenvalue weighted by Crippen LogP contribution is 2.36. The first-order valence-corrected chi connectivity index (χ1v) is 22.9. The number of thiazole rings is 2. The van der Waals surface area contributed by atoms with Gasteiger partial charge in [-0.15, -0.1) is 0 Å². The molecule has 2 aliphatic rings. The minimum atomic E-state index is -0.503. The summed E-state index contributed by atoms with van der Waals surface area (Å²) in [6.07, 6.45) is 6.30. The maximum atomic E-state index is 12.2. The number of piperidine rings is 2. The first-order chi connectivity index (χ1) is 30.5. The average molecular weight is 911 g/mol. The Hall–Kier alpha value is -5.82. The Morgan fingerprint density at radius 1 is 0.703 bits per heavy atom. The van der Waals surface area contributed by atoms with Crippen molar-refractivity contribution in [2.75, 3.05) is 31.9 Å². The van der Waals surface area contributed by atoms with Crippen LogP contribution in [0.4, 0.5) is 21.0 Å². The van der Waals surface area contributed by atoms with Crippen LogP contribution in [0.25, 0.3) is 41.8 Å². The van der Waals surface area contributed by atoms with E-state index in [1.165, 1.54) is 28.7 Å². The number of hydrogen-bond acceptors (Lipinski definition) is 15. The maximum Gasteiger partial charge on any atom is 0.410 e. The third-order valence-corrected chi connectivity index (χ3v) is 12.3. The van der Waals surface area contributed by atoms with Crippen LogP contribution in [0, 0.1) is 10.1 Å². The van der Waals surface area contributed by atoms with Crippen molar-refractivity contribution < 1.29 is 33.5 Å². The Labute approximate surface area is 379 Å². The molecule has 2 aliphatic heterocycles. The highest BCUT2D eigenvalue weighted by atomic mass is 32.1. The normalized spacial score (nSPS) is 15.2. The first kappa shape index (κ1) is 46.2. The van der Waals surface area contributed by atoms with Gasteiger partial charge < -0.3 is 34.5 Å². The molecule has 0 aliphatic carbocycles. The van der Waals surface area contributed by atoms with Gasteiger partial charge in [-0.05, 0) is 109 Å². The summed E-state index contributed by atoms with van der Waals surface area (Å²) in [5.41, 5.74) is 10.7. The predicted octanol–water partition coefficient (Wildman–Crippen LogP) is 10.0. The number of benzene rings is 2. The number of likely N-dealkylation sites (tertiary alicyclic amines) is 2. The van der Waals surface area contributed by atoms with E-state index in [2.05, 4.69) is 15.0 Å². The quantitative estimate of drug-likeness (QED) is 0.0817. The van der Waals surface area contributed by atoms with Crippen molar-refractivity contribution in [1.29, 1.82) is 0 Å². The lowest BCUT2D eigenvalue weighted by Gasteiger charge is -2.33. The van der Waals surface area contributed by atoms with Crippen LogP contribution in [0.1, 0.15) is 78.4 Å². The molecule has 0 unspecified atom stereocenters. The van der Waals surface area contributed by atoms with Gasteiger partial charge in [-0.3, -0.25) is 10.1 Å². The molecule has 2 fully saturated rings. The van der Waals surface area contributed by atoms with Gasteiger partial charge >= 0.3 is 12.2 Å². The number of fused-ring (bicyclic) bond motifs is 2. The van der Waals surface area contributed by atoms with Crippen molar-refractivity contribution >= 4 is 66.9 Å². The summed E-state index contributed by atoms with van der Waals surface area (Å²) < 4.78 is 23.0. The average Bonchev–Trinajstić information content (AvgIpc) is 3.88. The zero-order valence-electron chi connectivity index (χ0n) is 36.9. The summed E-state index contributed by atoms with van der Waals surface area (Å²) in [5.74, 6) is 0. The summed E-state index contributed by atoms with van der Waals surface area (Å²) in [4.78, 5) is 58.7. The Bertz CT molecular complexity index is 2590. The molecule has 8 rings (SSSR count). The van der Waals surface area contributed by atoms with Crippen molar-refractivity contribution in [2.24, 2.45) is 0 Å². The second-order valence-electron chi connectivity index (χ2n) is 17.7. The van der Waals surface area contributed by atoms with Gasteiger partial charge in [0.2, 0.25) is 0 Å². The molecule has 338 valence electrons. The highest BCUT2D eigenvalue weighted by Gasteiger charge is 2.29. The molecule has 2 aromatic carbocycles. The number of nitrogen functional groups attached to an aromatic ring is 1. The molecule has 0 atom stereocenters. The molecule has 6 aromatic rings. The number of carbonyl (C=O) groups is 2. The van der Waals surface area contributed by atoms with Crippen LogP contribution in [0.15, 0.2) is 73.1 Å². The van der Waals surface area contributed by atoms with Gasteiger partial charge in [0.15, 0.2) is 0 Å². The number of aromatic nitrogens is 4. The summed E-state index contributed by atoms with van der Waals surface area (Å²) in [6, 6.07) is 18.2. The number of rotatable bonds is 9. The van der Waals surface area contributed by atoms with Crippen molar-refractivity contribution in [3.8, 4) is 21.1 Å². The van der Waals surface area contributed by atoms with E-state index in [0.29, 0.717) is 61.2 Å². The number of amides is 2. The van der Waals surface area contributed by atoms with Crippen LogP contribution >= 0.6 is 22.7 Å². The van der Waals surface area contributed by atoms with Gasteiger partial charge in [0.05, 0.1) is 35.9 Å². The van der Waals surface area contributed by atoms with E-state index in [9.17, 15) is 19.7 Å². The van der Waals surface area contributed by atoms with Crippen LogP contribution in [0.3, 0.4) is 0 Å². The van der Waals surface area contributed by atoms with Crippen molar-refractivity contribution in [2.45, 2.75) is 104 Å². The second-order valence-corrected chi connectivity index (χ2v) is 19.6. The summed E-state index contributed by atoms with van der Waals surface area (Å²) in [6.45, 7) is 14.6. The molecule has 18 heteroatoms. The molecule has 0 bridgehead atoms. The number of anilines is 1. The van der Waals surface area contributed by atoms with E-state index < -0.39 is 16.1 Å². The standard InChI is InChI=1S/C23H26N4O5S.C23H28N4O3S/c1-23(2,3)32-22(28)26-10-8-16(9-11-26)31-14-15-12-18-21(24-13-15)33-20(25-18)17-6-4-5-7-19(17)27(29)30;1-23(2,3)30-22(28)27-10-8-16(9-11-27)29-14-15-12-19-21(25-13-15)31-20(26-19)17-6-4-5-7-18(17)24/h4-7,12-13,16H,8-11,14H2,1-3H3;4-7,12-13,16H,8-11,14,24H2,1-3H3. The SMILES string of the molecule is CC(C)(C)OC(=O)N1CCC(OCc2cnc3sc(-c4ccccc4N)nc3c2)CC1.CC(C)(C)OC(=O)N1CCC(OCc2cnc3sc(-c4ccccc4[N+](=O)[O-])nc3c2)CC1. The monoisotopic (exact) mass is 910 g/mol. The first-order valence-electron chi connectivity index (χ1n) is 21.3. The number of pyridine rings is 2. The maximum absolute atomic E-state index is 12.2. The molecular formula is C46H54N8O8S2. The second kappa shape index (κ2) is 19.9. The van der Waals surface area contributed by atoms with E-state index in [0.717, 1.165) is 62.6 Å². The van der Waals surface area contributed by atoms with Crippen LogP contribution in [-0.4, -0.2) is 96.4 Å². The minimum Gasteiger partial charge on any atom is -0.444 e. The van der Waals surface area contributed by atoms with Gasteiger partial charge in [0.1, 0.15) is 41.9 Å². The molecule has 16 nitrogen and oxygen atoms in total. The number of nitrogens with zero attached hydrogens (tertiary/aromatic N) is 7. The van der Waals surface area contributed by atoms with E-state index in [-0.39, 0.29) is 30.1 Å². The Morgan fingerprint density at radius 2 is 1.12 bits per heavy atom. The largest absolute Gasteiger partial charge is 0.444 e. The predicted molar refractivity (Wildman–Crippen MR) is 248 cm³/mol. The van der Waals surface area contributed by atoms with Crippen LogP contribution in [0.5, 0.6) is 0 Å². The molecule has 64 heavy (non-hydrogen) atoms. The van der Waals surface area contributed by atoms with E-state index in [1.54, 1.807) is 34.2 Å². The van der Waals surface area contributed by atoms with E-state index in [4.69, 9.17) is 29.7 Å². The lowest BCUT2D eigenvalue weighted by molar-refractivity contribution is -0.384. The van der Waals surface area contributed by atoms with Crippen LogP contribution in [-0.2, 0) is 32.2 Å². The van der Waals surface area contributed by atoms with Crippen molar-refractivity contribution in [1.82, 2.24) is 29.7 Å². The van der Waals surface area contributed by atoms with Gasteiger partial charge in [-0.25, -0.2) is 29.5 Å². The van der Waals surface area contributed by atoms with Crippen LogP contribution in [0.2, 0.25) is 0 Å². The van der Waals surface area contributed by atoms with E-state index in [1.807, 2.05) is 84.1 Å². The number of hydrogen-bond donors (Lipinski definition) is 1. The molecule has 4 aromatic heterocycles. The Kier molecular flexibility index (Phi) is 14.4. The molecule has 0 radical (unpaired) electrons. The van der Waals surface area contributed by atoms with Gasteiger partial charge in [-0.2, -0.15) is 0 Å². The number of carbonyl (C=O) groups excluding carboxylic acids is 2. The van der Waals surface area contributed by atoms with Gasteiger partial charge in [-0.1, -0.05) is 46.9 Å². The highest BCUT2D eigenvalue weighted by molar-refractivity contribution is 7.21. The van der Waals surface area contributed by atoms with Crippen LogP contribution < -0.4 is 5.73 Å². The molecule has 0 saturated carbocycles. The number of ether oxygens (including phenoxy) is 4.